The lowest BCUT2D eigenvalue weighted by Crippen LogP contribution is -2.00. The Labute approximate surface area is 115 Å². The number of benzene rings is 1. The van der Waals surface area contributed by atoms with Crippen LogP contribution in [-0.2, 0) is 6.42 Å². The van der Waals surface area contributed by atoms with Crippen LogP contribution >= 0.6 is 11.5 Å². The summed E-state index contributed by atoms with van der Waals surface area (Å²) in [6, 6.07) is 5.12. The molecule has 0 spiro atoms. The quantitative estimate of drug-likeness (QED) is 0.877. The normalized spacial score (nSPS) is 10.4. The molecular formula is C13H15N3O2S. The first-order valence-electron chi connectivity index (χ1n) is 6.03. The number of carbonyl (C=O) groups is 1. The predicted molar refractivity (Wildman–Crippen MR) is 75.3 cm³/mol. The topological polar surface area (TPSA) is 75.1 Å². The molecule has 100 valence electrons. The number of aromatic carboxylic acids is 1. The van der Waals surface area contributed by atoms with Crippen molar-refractivity contribution in [1.82, 2.24) is 9.36 Å². The fraction of sp³-hybridized carbons (Fsp3) is 0.308. The summed E-state index contributed by atoms with van der Waals surface area (Å²) < 4.78 is 4.24. The summed E-state index contributed by atoms with van der Waals surface area (Å²) in [5.74, 6) is -0.0703. The lowest BCUT2D eigenvalue weighted by molar-refractivity contribution is 0.0696. The summed E-state index contributed by atoms with van der Waals surface area (Å²) in [5.41, 5.74) is 1.85. The van der Waals surface area contributed by atoms with E-state index in [0.717, 1.165) is 35.0 Å². The van der Waals surface area contributed by atoms with Crippen LogP contribution < -0.4 is 5.32 Å². The van der Waals surface area contributed by atoms with Crippen molar-refractivity contribution in [1.29, 1.82) is 0 Å². The molecule has 0 aliphatic rings. The van der Waals surface area contributed by atoms with E-state index in [1.807, 2.05) is 0 Å². The number of hydrogen-bond donors (Lipinski definition) is 2. The van der Waals surface area contributed by atoms with Crippen LogP contribution in [0, 0.1) is 6.92 Å². The standard InChI is InChI=1S/C13H15N3O2S/c1-3-4-11-15-13(19-16-11)14-9-5-6-10(12(17)18)8(2)7-9/h5-7H,3-4H2,1-2H3,(H,17,18)(H,14,15,16). The molecule has 2 aromatic rings. The van der Waals surface area contributed by atoms with Gasteiger partial charge < -0.3 is 10.4 Å². The number of anilines is 2. The number of nitrogens with zero attached hydrogens (tertiary/aromatic N) is 2. The Hall–Kier alpha value is -1.95. The lowest BCUT2D eigenvalue weighted by Gasteiger charge is -2.05. The second-order valence-corrected chi connectivity index (χ2v) is 4.98. The second kappa shape index (κ2) is 5.79. The van der Waals surface area contributed by atoms with E-state index in [4.69, 9.17) is 5.11 Å². The fourth-order valence-electron chi connectivity index (χ4n) is 1.73. The van der Waals surface area contributed by atoms with E-state index in [-0.39, 0.29) is 0 Å². The van der Waals surface area contributed by atoms with Crippen molar-refractivity contribution in [2.75, 3.05) is 5.32 Å². The Bertz CT molecular complexity index is 595. The molecule has 6 heteroatoms. The molecule has 0 amide bonds. The van der Waals surface area contributed by atoms with E-state index in [9.17, 15) is 4.79 Å². The number of hydrogen-bond acceptors (Lipinski definition) is 5. The van der Waals surface area contributed by atoms with Crippen molar-refractivity contribution in [3.63, 3.8) is 0 Å². The molecule has 0 aliphatic heterocycles. The van der Waals surface area contributed by atoms with E-state index in [1.165, 1.54) is 11.5 Å². The van der Waals surface area contributed by atoms with Crippen molar-refractivity contribution < 1.29 is 9.90 Å². The summed E-state index contributed by atoms with van der Waals surface area (Å²) in [4.78, 5) is 15.3. The molecule has 0 saturated heterocycles. The molecule has 19 heavy (non-hydrogen) atoms. The van der Waals surface area contributed by atoms with E-state index in [1.54, 1.807) is 25.1 Å². The number of carboxylic acids is 1. The average molecular weight is 277 g/mol. The molecule has 1 aromatic carbocycles. The van der Waals surface area contributed by atoms with Crippen molar-refractivity contribution in [3.05, 3.63) is 35.2 Å². The van der Waals surface area contributed by atoms with Gasteiger partial charge in [0.15, 0.2) is 0 Å². The lowest BCUT2D eigenvalue weighted by atomic mass is 10.1. The molecule has 0 saturated carbocycles. The minimum atomic E-state index is -0.912. The van der Waals surface area contributed by atoms with Gasteiger partial charge in [-0.1, -0.05) is 6.92 Å². The Morgan fingerprint density at radius 1 is 1.47 bits per heavy atom. The van der Waals surface area contributed by atoms with Crippen LogP contribution in [0.3, 0.4) is 0 Å². The molecule has 0 unspecified atom stereocenters. The van der Waals surface area contributed by atoms with Crippen molar-refractivity contribution in [3.8, 4) is 0 Å². The van der Waals surface area contributed by atoms with Gasteiger partial charge in [-0.2, -0.15) is 4.37 Å². The number of carboxylic acid groups (broad SMARTS) is 1. The minimum absolute atomic E-state index is 0.314. The van der Waals surface area contributed by atoms with Gasteiger partial charge >= 0.3 is 5.97 Å². The number of rotatable bonds is 5. The van der Waals surface area contributed by atoms with Gasteiger partial charge in [-0.15, -0.1) is 0 Å². The maximum Gasteiger partial charge on any atom is 0.335 e. The first kappa shape index (κ1) is 13.5. The Morgan fingerprint density at radius 2 is 2.26 bits per heavy atom. The molecule has 0 fully saturated rings. The summed E-state index contributed by atoms with van der Waals surface area (Å²) in [6.07, 6.45) is 1.89. The van der Waals surface area contributed by atoms with Gasteiger partial charge in [0.2, 0.25) is 5.13 Å². The minimum Gasteiger partial charge on any atom is -0.478 e. The van der Waals surface area contributed by atoms with Crippen LogP contribution in [0.2, 0.25) is 0 Å². The van der Waals surface area contributed by atoms with Gasteiger partial charge in [-0.25, -0.2) is 9.78 Å². The highest BCUT2D eigenvalue weighted by Gasteiger charge is 2.08. The van der Waals surface area contributed by atoms with Crippen LogP contribution in [0.25, 0.3) is 0 Å². The molecular weight excluding hydrogens is 262 g/mol. The second-order valence-electron chi connectivity index (χ2n) is 4.23. The number of nitrogens with one attached hydrogen (secondary N) is 1. The predicted octanol–water partition coefficient (Wildman–Crippen LogP) is 3.24. The average Bonchev–Trinajstić information content (AvgIpc) is 2.76. The third-order valence-corrected chi connectivity index (χ3v) is 3.32. The molecule has 0 bridgehead atoms. The smallest absolute Gasteiger partial charge is 0.335 e. The van der Waals surface area contributed by atoms with Crippen molar-refractivity contribution in [2.45, 2.75) is 26.7 Å². The van der Waals surface area contributed by atoms with Gasteiger partial charge in [-0.05, 0) is 37.1 Å². The number of aryl methyl sites for hydroxylation is 2. The molecule has 0 atom stereocenters. The monoisotopic (exact) mass is 277 g/mol. The SMILES string of the molecule is CCCc1nsc(Nc2ccc(C(=O)O)c(C)c2)n1. The largest absolute Gasteiger partial charge is 0.478 e. The summed E-state index contributed by atoms with van der Waals surface area (Å²) in [6.45, 7) is 3.86. The Morgan fingerprint density at radius 3 is 2.89 bits per heavy atom. The molecule has 1 heterocycles. The van der Waals surface area contributed by atoms with E-state index >= 15 is 0 Å². The molecule has 5 nitrogen and oxygen atoms in total. The Kier molecular flexibility index (Phi) is 4.11. The molecule has 0 radical (unpaired) electrons. The van der Waals surface area contributed by atoms with Gasteiger partial charge in [0.1, 0.15) is 5.82 Å². The highest BCUT2D eigenvalue weighted by atomic mass is 32.1. The van der Waals surface area contributed by atoms with Crippen LogP contribution in [-0.4, -0.2) is 20.4 Å². The van der Waals surface area contributed by atoms with E-state index in [2.05, 4.69) is 21.6 Å². The zero-order chi connectivity index (χ0) is 13.8. The Balaban J connectivity index is 2.14. The first-order valence-corrected chi connectivity index (χ1v) is 6.81. The van der Waals surface area contributed by atoms with Crippen LogP contribution in [0.5, 0.6) is 0 Å². The van der Waals surface area contributed by atoms with Gasteiger partial charge in [-0.3, -0.25) is 0 Å². The van der Waals surface area contributed by atoms with Gasteiger partial charge in [0.25, 0.3) is 0 Å². The summed E-state index contributed by atoms with van der Waals surface area (Å²) >= 11 is 1.31. The maximum absolute atomic E-state index is 10.9. The number of aromatic nitrogens is 2. The third kappa shape index (κ3) is 3.29. The van der Waals surface area contributed by atoms with Crippen LogP contribution in [0.15, 0.2) is 18.2 Å². The summed E-state index contributed by atoms with van der Waals surface area (Å²) in [7, 11) is 0. The molecule has 1 aromatic heterocycles. The highest BCUT2D eigenvalue weighted by molar-refractivity contribution is 7.09. The van der Waals surface area contributed by atoms with E-state index in [0.29, 0.717) is 5.56 Å². The van der Waals surface area contributed by atoms with Crippen molar-refractivity contribution >= 4 is 28.3 Å². The van der Waals surface area contributed by atoms with Gasteiger partial charge in [0, 0.05) is 23.6 Å². The molecule has 2 rings (SSSR count). The van der Waals surface area contributed by atoms with E-state index < -0.39 is 5.97 Å². The zero-order valence-corrected chi connectivity index (χ0v) is 11.6. The fourth-order valence-corrected chi connectivity index (χ4v) is 2.37. The molecule has 0 aliphatic carbocycles. The first-order chi connectivity index (χ1) is 9.10. The van der Waals surface area contributed by atoms with Crippen LogP contribution in [0.1, 0.15) is 35.1 Å². The zero-order valence-electron chi connectivity index (χ0n) is 10.8. The van der Waals surface area contributed by atoms with Crippen LogP contribution in [0.4, 0.5) is 10.8 Å². The third-order valence-electron chi connectivity index (χ3n) is 2.65. The maximum atomic E-state index is 10.9. The van der Waals surface area contributed by atoms with Gasteiger partial charge in [0.05, 0.1) is 5.56 Å². The highest BCUT2D eigenvalue weighted by Crippen LogP contribution is 2.21. The molecule has 2 N–H and O–H groups in total. The van der Waals surface area contributed by atoms with Crippen molar-refractivity contribution in [2.24, 2.45) is 0 Å². The summed E-state index contributed by atoms with van der Waals surface area (Å²) in [5, 5.41) is 12.8.